The van der Waals surface area contributed by atoms with Crippen molar-refractivity contribution in [3.8, 4) is 11.5 Å². The first kappa shape index (κ1) is 29.2. The van der Waals surface area contributed by atoms with Crippen LogP contribution < -0.4 is 25.0 Å². The van der Waals surface area contributed by atoms with Crippen LogP contribution in [0.25, 0.3) is 0 Å². The summed E-state index contributed by atoms with van der Waals surface area (Å²) in [7, 11) is 1.88. The van der Waals surface area contributed by atoms with Crippen LogP contribution in [0.5, 0.6) is 11.5 Å². The van der Waals surface area contributed by atoms with Crippen LogP contribution in [-0.2, 0) is 14.4 Å². The molecule has 4 rings (SSSR count). The molecule has 1 heterocycles. The second-order valence-corrected chi connectivity index (χ2v) is 9.46. The van der Waals surface area contributed by atoms with E-state index in [0.29, 0.717) is 36.2 Å². The molecule has 2 atom stereocenters. The fourth-order valence-corrected chi connectivity index (χ4v) is 4.14. The summed E-state index contributed by atoms with van der Waals surface area (Å²) in [6, 6.07) is 9.45. The lowest BCUT2D eigenvalue weighted by molar-refractivity contribution is -0.136. The Morgan fingerprint density at radius 2 is 2.03 bits per heavy atom. The molecule has 0 bridgehead atoms. The average Bonchev–Trinajstić information content (AvgIpc) is 2.90. The summed E-state index contributed by atoms with van der Waals surface area (Å²) in [6.45, 7) is 2.46. The first-order chi connectivity index (χ1) is 18.1. The standard InChI is InChI=1S/C14H16ClFN2O2.C12H12ClNO4/c1-8-12(17-2)6-13(8)18-14(19)7-20-9-3-4-10(15)11(16)5-9;13-8-1-2-11-10(5-8)14(4-3-12(16)17)6-9(7-15)18-11/h3-5,12,17H,6-7H2,1-2H3,(H,18,19);1-2,5,7,9H,3-4,6H2,(H,16,17). The number of fused-ring (bicyclic) bond motifs is 1. The molecule has 3 N–H and O–H groups in total. The van der Waals surface area contributed by atoms with Gasteiger partial charge in [-0.1, -0.05) is 23.2 Å². The topological polar surface area (TPSA) is 117 Å². The van der Waals surface area contributed by atoms with E-state index in [9.17, 15) is 18.8 Å². The van der Waals surface area contributed by atoms with Crippen LogP contribution in [0.4, 0.5) is 10.1 Å². The van der Waals surface area contributed by atoms with E-state index < -0.39 is 17.9 Å². The third kappa shape index (κ3) is 7.83. The monoisotopic (exact) mass is 567 g/mol. The molecule has 0 saturated carbocycles. The summed E-state index contributed by atoms with van der Waals surface area (Å²) < 4.78 is 23.9. The van der Waals surface area contributed by atoms with Crippen molar-refractivity contribution < 1.29 is 33.4 Å². The van der Waals surface area contributed by atoms with Gasteiger partial charge in [-0.2, -0.15) is 0 Å². The van der Waals surface area contributed by atoms with Crippen molar-refractivity contribution in [3.63, 3.8) is 0 Å². The van der Waals surface area contributed by atoms with Crippen molar-refractivity contribution in [2.75, 3.05) is 31.6 Å². The number of carboxylic acid groups (broad SMARTS) is 1. The van der Waals surface area contributed by atoms with Crippen LogP contribution in [0.3, 0.4) is 0 Å². The minimum atomic E-state index is -0.882. The minimum Gasteiger partial charge on any atom is -0.484 e. The van der Waals surface area contributed by atoms with Gasteiger partial charge in [-0.15, -0.1) is 0 Å². The van der Waals surface area contributed by atoms with Gasteiger partial charge in [0.05, 0.1) is 23.7 Å². The Bertz CT molecular complexity index is 1230. The van der Waals surface area contributed by atoms with Gasteiger partial charge in [0.1, 0.15) is 17.3 Å². The normalized spacial score (nSPS) is 17.8. The van der Waals surface area contributed by atoms with Gasteiger partial charge in [0.15, 0.2) is 19.0 Å². The first-order valence-electron chi connectivity index (χ1n) is 11.7. The van der Waals surface area contributed by atoms with Crippen molar-refractivity contribution in [2.45, 2.75) is 31.9 Å². The first-order valence-corrected chi connectivity index (χ1v) is 12.5. The predicted molar refractivity (Wildman–Crippen MR) is 142 cm³/mol. The molecule has 9 nitrogen and oxygen atoms in total. The summed E-state index contributed by atoms with van der Waals surface area (Å²) in [5.41, 5.74) is 2.76. The van der Waals surface area contributed by atoms with Crippen LogP contribution in [0.1, 0.15) is 19.8 Å². The Balaban J connectivity index is 0.000000212. The highest BCUT2D eigenvalue weighted by atomic mass is 35.5. The van der Waals surface area contributed by atoms with E-state index in [2.05, 4.69) is 10.6 Å². The van der Waals surface area contributed by atoms with Crippen LogP contribution in [0.15, 0.2) is 47.7 Å². The molecule has 2 aromatic rings. The van der Waals surface area contributed by atoms with E-state index in [1.807, 2.05) is 14.0 Å². The van der Waals surface area contributed by atoms with Crippen LogP contribution in [0.2, 0.25) is 10.0 Å². The molecule has 0 fully saturated rings. The number of nitrogens with zero attached hydrogens (tertiary/aromatic N) is 1. The highest BCUT2D eigenvalue weighted by Crippen LogP contribution is 2.35. The molecule has 0 aromatic heterocycles. The van der Waals surface area contributed by atoms with Crippen LogP contribution in [-0.4, -0.2) is 62.2 Å². The Hall–Kier alpha value is -3.34. The van der Waals surface area contributed by atoms with E-state index in [1.54, 1.807) is 23.1 Å². The molecular formula is C26H28Cl2FN3O6. The van der Waals surface area contributed by atoms with Gasteiger partial charge in [-0.05, 0) is 49.9 Å². The molecule has 1 aliphatic heterocycles. The summed E-state index contributed by atoms with van der Waals surface area (Å²) in [4.78, 5) is 34.9. The van der Waals surface area contributed by atoms with Crippen LogP contribution in [0, 0.1) is 5.82 Å². The smallest absolute Gasteiger partial charge is 0.305 e. The maximum atomic E-state index is 13.2. The largest absolute Gasteiger partial charge is 0.484 e. The quantitative estimate of drug-likeness (QED) is 0.391. The number of hydrogen-bond donors (Lipinski definition) is 3. The minimum absolute atomic E-state index is 0.00245. The van der Waals surface area contributed by atoms with Gasteiger partial charge < -0.3 is 30.1 Å². The number of anilines is 1. The molecule has 38 heavy (non-hydrogen) atoms. The Morgan fingerprint density at radius 3 is 2.66 bits per heavy atom. The zero-order chi connectivity index (χ0) is 27.8. The maximum absolute atomic E-state index is 13.2. The van der Waals surface area contributed by atoms with Crippen molar-refractivity contribution in [2.24, 2.45) is 0 Å². The highest BCUT2D eigenvalue weighted by Gasteiger charge is 2.26. The lowest BCUT2D eigenvalue weighted by Gasteiger charge is -2.34. The Labute approximate surface area is 229 Å². The van der Waals surface area contributed by atoms with Crippen molar-refractivity contribution >= 4 is 47.1 Å². The summed E-state index contributed by atoms with van der Waals surface area (Å²) in [5, 5.41) is 15.2. The fraction of sp³-hybridized carbons (Fsp3) is 0.346. The molecule has 2 aromatic carbocycles. The van der Waals surface area contributed by atoms with Crippen LogP contribution >= 0.6 is 23.2 Å². The number of aliphatic carboxylic acids is 1. The molecule has 2 aliphatic rings. The van der Waals surface area contributed by atoms with Gasteiger partial charge in [0, 0.05) is 35.8 Å². The molecule has 204 valence electrons. The Kier molecular flexibility index (Phi) is 10.3. The van der Waals surface area contributed by atoms with E-state index in [4.69, 9.17) is 37.8 Å². The zero-order valence-corrected chi connectivity index (χ0v) is 22.3. The predicted octanol–water partition coefficient (Wildman–Crippen LogP) is 3.82. The number of ether oxygens (including phenoxy) is 2. The third-order valence-corrected chi connectivity index (χ3v) is 6.54. The number of likely N-dealkylation sites (N-methyl/N-ethyl adjacent to an activating group) is 1. The SMILES string of the molecule is CNC1CC(NC(=O)COc2ccc(Cl)c(F)c2)=C1C.O=CC1CN(CCC(=O)O)c2cc(Cl)ccc2O1. The summed E-state index contributed by atoms with van der Waals surface area (Å²) in [6.07, 6.45) is 0.930. The molecule has 12 heteroatoms. The number of carbonyl (C=O) groups is 3. The molecule has 2 unspecified atom stereocenters. The fourth-order valence-electron chi connectivity index (χ4n) is 3.85. The number of halogens is 3. The van der Waals surface area contributed by atoms with Gasteiger partial charge in [0.25, 0.3) is 5.91 Å². The van der Waals surface area contributed by atoms with Crippen molar-refractivity contribution in [1.82, 2.24) is 10.6 Å². The van der Waals surface area contributed by atoms with E-state index in [1.165, 1.54) is 12.1 Å². The second kappa shape index (κ2) is 13.5. The zero-order valence-electron chi connectivity index (χ0n) is 20.8. The number of amides is 1. The second-order valence-electron chi connectivity index (χ2n) is 8.61. The number of carboxylic acids is 1. The number of carbonyl (C=O) groups excluding carboxylic acids is 2. The third-order valence-electron chi connectivity index (χ3n) is 5.99. The van der Waals surface area contributed by atoms with Crippen molar-refractivity contribution in [3.05, 3.63) is 63.5 Å². The number of hydrogen-bond acceptors (Lipinski definition) is 7. The lowest BCUT2D eigenvalue weighted by Crippen LogP contribution is -2.42. The number of nitrogens with one attached hydrogen (secondary N) is 2. The number of aldehydes is 1. The molecular weight excluding hydrogens is 540 g/mol. The van der Waals surface area contributed by atoms with E-state index in [0.717, 1.165) is 29.4 Å². The molecule has 0 radical (unpaired) electrons. The maximum Gasteiger partial charge on any atom is 0.305 e. The molecule has 0 saturated heterocycles. The van der Waals surface area contributed by atoms with Crippen molar-refractivity contribution in [1.29, 1.82) is 0 Å². The van der Waals surface area contributed by atoms with Gasteiger partial charge in [0.2, 0.25) is 0 Å². The number of benzene rings is 2. The lowest BCUT2D eigenvalue weighted by atomic mass is 9.89. The van der Waals surface area contributed by atoms with E-state index >= 15 is 0 Å². The van der Waals surface area contributed by atoms with E-state index in [-0.39, 0.29) is 29.7 Å². The molecule has 1 aliphatic carbocycles. The average molecular weight is 568 g/mol. The van der Waals surface area contributed by atoms with Gasteiger partial charge in [-0.25, -0.2) is 4.39 Å². The summed E-state index contributed by atoms with van der Waals surface area (Å²) in [5.74, 6) is -0.890. The molecule has 0 spiro atoms. The van der Waals surface area contributed by atoms with Gasteiger partial charge in [-0.3, -0.25) is 14.4 Å². The van der Waals surface area contributed by atoms with Gasteiger partial charge >= 0.3 is 5.97 Å². The summed E-state index contributed by atoms with van der Waals surface area (Å²) >= 11 is 11.5. The number of rotatable bonds is 9. The Morgan fingerprint density at radius 1 is 1.26 bits per heavy atom. The molecule has 1 amide bonds. The highest BCUT2D eigenvalue weighted by molar-refractivity contribution is 6.31.